The molecule has 1 aromatic carbocycles. The van der Waals surface area contributed by atoms with Gasteiger partial charge >= 0.3 is 5.69 Å². The lowest BCUT2D eigenvalue weighted by atomic mass is 10.1. The number of nitrogens with zero attached hydrogens (tertiary/aromatic N) is 5. The number of quaternary nitrogens is 1. The van der Waals surface area contributed by atoms with Crippen LogP contribution in [0, 0.1) is 13.8 Å². The lowest BCUT2D eigenvalue weighted by Crippen LogP contribution is -2.43. The Morgan fingerprint density at radius 3 is 2.36 bits per heavy atom. The van der Waals surface area contributed by atoms with Gasteiger partial charge < -0.3 is 14.8 Å². The number of nitrogens with two attached hydrogens (primary N) is 1. The van der Waals surface area contributed by atoms with Crippen molar-refractivity contribution < 1.29 is 4.48 Å². The van der Waals surface area contributed by atoms with Gasteiger partial charge in [-0.1, -0.05) is 0 Å². The molecule has 0 unspecified atom stereocenters. The summed E-state index contributed by atoms with van der Waals surface area (Å²) in [6.45, 7) is 8.97. The van der Waals surface area contributed by atoms with Crippen molar-refractivity contribution in [3.8, 4) is 11.5 Å². The number of hydrogen-bond acceptors (Lipinski definition) is 5. The third-order valence-electron chi connectivity index (χ3n) is 5.60. The second-order valence-electron chi connectivity index (χ2n) is 7.98. The van der Waals surface area contributed by atoms with Gasteiger partial charge in [0.15, 0.2) is 11.5 Å². The van der Waals surface area contributed by atoms with Gasteiger partial charge in [0.05, 0.1) is 44.8 Å². The fraction of sp³-hybridized carbons (Fsp3) is 0.500. The zero-order valence-corrected chi connectivity index (χ0v) is 17.3. The molecule has 0 radical (unpaired) electrons. The first-order chi connectivity index (χ1) is 13.2. The molecular weight excluding hydrogens is 356 g/mol. The third kappa shape index (κ3) is 3.57. The summed E-state index contributed by atoms with van der Waals surface area (Å²) in [5, 5.41) is 0. The van der Waals surface area contributed by atoms with E-state index < -0.39 is 11.2 Å². The van der Waals surface area contributed by atoms with Crippen molar-refractivity contribution in [3.63, 3.8) is 0 Å². The molecule has 0 saturated carbocycles. The molecule has 2 N–H and O–H groups in total. The number of hydrogen-bond donors (Lipinski definition) is 1. The van der Waals surface area contributed by atoms with E-state index in [-0.39, 0.29) is 18.8 Å². The van der Waals surface area contributed by atoms with Gasteiger partial charge in [0.2, 0.25) is 0 Å². The maximum atomic E-state index is 12.9. The summed E-state index contributed by atoms with van der Waals surface area (Å²) in [7, 11) is 4.31. The molecule has 1 aromatic rings. The van der Waals surface area contributed by atoms with E-state index in [9.17, 15) is 9.59 Å². The standard InChI is InChI=1S/C20H29N6O2/c1-6-26(4,5)10-9-24-16-12-14(3)13(2)11-15(16)22-17-18(24)23-20(28)25(8-7-21)19(17)27/h11-12H,6-10,21H2,1-5H3/q+1. The number of likely N-dealkylation sites (N-methyl/N-ethyl adjacent to an activating group) is 1. The van der Waals surface area contributed by atoms with Crippen LogP contribution in [0.4, 0.5) is 0 Å². The van der Waals surface area contributed by atoms with Crippen molar-refractivity contribution in [2.24, 2.45) is 5.73 Å². The number of benzene rings is 1. The van der Waals surface area contributed by atoms with Crippen LogP contribution >= 0.6 is 0 Å². The highest BCUT2D eigenvalue weighted by atomic mass is 16.2. The highest BCUT2D eigenvalue weighted by Gasteiger charge is 2.23. The molecule has 0 aliphatic carbocycles. The first kappa shape index (κ1) is 20.2. The van der Waals surface area contributed by atoms with E-state index >= 15 is 0 Å². The molecule has 28 heavy (non-hydrogen) atoms. The quantitative estimate of drug-likeness (QED) is 0.498. The zero-order chi connectivity index (χ0) is 20.6. The predicted octanol–water partition coefficient (Wildman–Crippen LogP) is 0.730. The summed E-state index contributed by atoms with van der Waals surface area (Å²) in [6.07, 6.45) is 0. The second kappa shape index (κ2) is 7.44. The molecular formula is C20H29N6O2+. The monoisotopic (exact) mass is 385 g/mol. The van der Waals surface area contributed by atoms with Crippen LogP contribution in [0.25, 0.3) is 22.6 Å². The molecule has 0 fully saturated rings. The molecule has 0 atom stereocenters. The van der Waals surface area contributed by atoms with Gasteiger partial charge in [-0.05, 0) is 44.0 Å². The van der Waals surface area contributed by atoms with Crippen molar-refractivity contribution in [2.45, 2.75) is 33.9 Å². The van der Waals surface area contributed by atoms with Gasteiger partial charge in [-0.3, -0.25) is 9.36 Å². The van der Waals surface area contributed by atoms with E-state index in [1.54, 1.807) is 0 Å². The van der Waals surface area contributed by atoms with Crippen molar-refractivity contribution in [2.75, 3.05) is 33.7 Å². The second-order valence-corrected chi connectivity index (χ2v) is 7.98. The number of aryl methyl sites for hydroxylation is 2. The maximum absolute atomic E-state index is 12.9. The number of rotatable bonds is 6. The highest BCUT2D eigenvalue weighted by molar-refractivity contribution is 5.81. The fourth-order valence-corrected chi connectivity index (χ4v) is 3.21. The highest BCUT2D eigenvalue weighted by Crippen LogP contribution is 2.24. The SMILES string of the molecule is CC[N+](C)(C)CCn1c2nc(=O)n(CCN)c(=O)c-2nc2cc(C)c(C)cc21. The molecule has 0 bridgehead atoms. The van der Waals surface area contributed by atoms with Crippen molar-refractivity contribution in [1.82, 2.24) is 19.1 Å². The Kier molecular flexibility index (Phi) is 5.36. The first-order valence-corrected chi connectivity index (χ1v) is 9.63. The molecule has 8 nitrogen and oxygen atoms in total. The average molecular weight is 385 g/mol. The minimum atomic E-state index is -0.578. The summed E-state index contributed by atoms with van der Waals surface area (Å²) in [6, 6.07) is 4.04. The Bertz CT molecular complexity index is 1110. The topological polar surface area (TPSA) is 95.8 Å². The van der Waals surface area contributed by atoms with Crippen LogP contribution in [0.15, 0.2) is 21.7 Å². The van der Waals surface area contributed by atoms with Crippen LogP contribution in [-0.4, -0.2) is 57.3 Å². The minimum Gasteiger partial charge on any atom is -0.329 e. The van der Waals surface area contributed by atoms with Crippen LogP contribution in [0.5, 0.6) is 0 Å². The Morgan fingerprint density at radius 1 is 1.04 bits per heavy atom. The Balaban J connectivity index is 2.35. The van der Waals surface area contributed by atoms with E-state index in [1.165, 1.54) is 0 Å². The molecule has 150 valence electrons. The molecule has 0 spiro atoms. The van der Waals surface area contributed by atoms with E-state index in [0.717, 1.165) is 44.3 Å². The van der Waals surface area contributed by atoms with Crippen molar-refractivity contribution in [3.05, 3.63) is 44.1 Å². The molecule has 0 aromatic heterocycles. The molecule has 0 saturated heterocycles. The van der Waals surface area contributed by atoms with Gasteiger partial charge in [-0.2, -0.15) is 4.98 Å². The predicted molar refractivity (Wildman–Crippen MR) is 111 cm³/mol. The maximum Gasteiger partial charge on any atom is 0.352 e. The lowest BCUT2D eigenvalue weighted by Gasteiger charge is -2.29. The molecule has 8 heteroatoms. The van der Waals surface area contributed by atoms with Crippen LogP contribution in [0.2, 0.25) is 0 Å². The Labute approximate surface area is 164 Å². The van der Waals surface area contributed by atoms with Gasteiger partial charge in [0.25, 0.3) is 5.56 Å². The Hall–Kier alpha value is -2.58. The van der Waals surface area contributed by atoms with E-state index in [0.29, 0.717) is 12.4 Å². The van der Waals surface area contributed by atoms with Crippen molar-refractivity contribution in [1.29, 1.82) is 0 Å². The number of fused-ring (bicyclic) bond motifs is 2. The van der Waals surface area contributed by atoms with Gasteiger partial charge in [-0.15, -0.1) is 0 Å². The molecule has 2 aliphatic rings. The van der Waals surface area contributed by atoms with Crippen LogP contribution in [-0.2, 0) is 13.1 Å². The van der Waals surface area contributed by atoms with Crippen LogP contribution in [0.1, 0.15) is 18.1 Å². The molecule has 0 amide bonds. The van der Waals surface area contributed by atoms with Crippen molar-refractivity contribution >= 4 is 11.0 Å². The van der Waals surface area contributed by atoms with E-state index in [2.05, 4.69) is 37.1 Å². The minimum absolute atomic E-state index is 0.132. The van der Waals surface area contributed by atoms with Gasteiger partial charge in [0.1, 0.15) is 0 Å². The first-order valence-electron chi connectivity index (χ1n) is 9.63. The molecule has 2 heterocycles. The van der Waals surface area contributed by atoms with E-state index in [4.69, 9.17) is 5.73 Å². The molecule has 3 rings (SSSR count). The summed E-state index contributed by atoms with van der Waals surface area (Å²) >= 11 is 0. The fourth-order valence-electron chi connectivity index (χ4n) is 3.21. The smallest absolute Gasteiger partial charge is 0.329 e. The largest absolute Gasteiger partial charge is 0.352 e. The summed E-state index contributed by atoms with van der Waals surface area (Å²) in [5.74, 6) is 0.343. The Morgan fingerprint density at radius 2 is 1.71 bits per heavy atom. The zero-order valence-electron chi connectivity index (χ0n) is 17.3. The average Bonchev–Trinajstić information content (AvgIpc) is 2.64. The van der Waals surface area contributed by atoms with Gasteiger partial charge in [0, 0.05) is 13.1 Å². The third-order valence-corrected chi connectivity index (χ3v) is 5.60. The normalized spacial score (nSPS) is 12.2. The summed E-state index contributed by atoms with van der Waals surface area (Å²) in [4.78, 5) is 34.2. The molecule has 2 aliphatic heterocycles. The summed E-state index contributed by atoms with van der Waals surface area (Å²) < 4.78 is 3.85. The van der Waals surface area contributed by atoms with Crippen LogP contribution < -0.4 is 17.0 Å². The summed E-state index contributed by atoms with van der Waals surface area (Å²) in [5.41, 5.74) is 8.61. The lowest BCUT2D eigenvalue weighted by molar-refractivity contribution is -0.889. The number of aromatic nitrogens is 4. The van der Waals surface area contributed by atoms with Crippen LogP contribution in [0.3, 0.4) is 0 Å². The van der Waals surface area contributed by atoms with E-state index in [1.807, 2.05) is 24.5 Å². The van der Waals surface area contributed by atoms with Gasteiger partial charge in [-0.25, -0.2) is 9.78 Å².